The van der Waals surface area contributed by atoms with Crippen LogP contribution < -0.4 is 0 Å². The van der Waals surface area contributed by atoms with Crippen molar-refractivity contribution < 1.29 is 4.48 Å². The molecule has 1 saturated heterocycles. The van der Waals surface area contributed by atoms with E-state index in [0.29, 0.717) is 5.92 Å². The highest BCUT2D eigenvalue weighted by molar-refractivity contribution is 5.12. The van der Waals surface area contributed by atoms with Gasteiger partial charge in [0.1, 0.15) is 11.8 Å². The number of quaternary nitrogens is 1. The van der Waals surface area contributed by atoms with Crippen molar-refractivity contribution in [2.75, 3.05) is 13.1 Å². The molecule has 0 amide bonds. The highest BCUT2D eigenvalue weighted by Crippen LogP contribution is 2.45. The molecule has 0 spiro atoms. The molecule has 1 aliphatic carbocycles. The summed E-state index contributed by atoms with van der Waals surface area (Å²) in [6.45, 7) is 6.62. The third-order valence-corrected chi connectivity index (χ3v) is 4.42. The molecule has 0 saturated carbocycles. The van der Waals surface area contributed by atoms with Crippen LogP contribution in [0.15, 0.2) is 11.8 Å². The van der Waals surface area contributed by atoms with Crippen LogP contribution in [-0.2, 0) is 0 Å². The maximum Gasteiger partial charge on any atom is 0.181 e. The predicted octanol–water partition coefficient (Wildman–Crippen LogP) is 2.82. The van der Waals surface area contributed by atoms with Crippen LogP contribution in [0, 0.1) is 17.2 Å². The van der Waals surface area contributed by atoms with Gasteiger partial charge in [0.2, 0.25) is 0 Å². The number of fused-ring (bicyclic) bond motifs is 1. The van der Waals surface area contributed by atoms with Gasteiger partial charge in [-0.2, -0.15) is 5.26 Å². The topological polar surface area (TPSA) is 23.8 Å². The Morgan fingerprint density at radius 1 is 1.47 bits per heavy atom. The van der Waals surface area contributed by atoms with E-state index in [1.54, 1.807) is 5.70 Å². The van der Waals surface area contributed by atoms with Crippen LogP contribution in [0.25, 0.3) is 0 Å². The fraction of sp³-hybridized carbons (Fsp3) is 0.769. The minimum Gasteiger partial charge on any atom is -0.281 e. The Morgan fingerprint density at radius 3 is 2.80 bits per heavy atom. The Labute approximate surface area is 92.8 Å². The van der Waals surface area contributed by atoms with Crippen LogP contribution in [0.4, 0.5) is 0 Å². The van der Waals surface area contributed by atoms with E-state index in [1.165, 1.54) is 19.3 Å². The first kappa shape index (κ1) is 10.7. The number of allylic oxidation sites excluding steroid dienone is 2. The molecule has 1 aliphatic heterocycles. The molecule has 0 radical (unpaired) electrons. The summed E-state index contributed by atoms with van der Waals surface area (Å²) in [5.74, 6) is 0.711. The fourth-order valence-corrected chi connectivity index (χ4v) is 3.56. The van der Waals surface area contributed by atoms with Crippen molar-refractivity contribution in [3.63, 3.8) is 0 Å². The Balaban J connectivity index is 2.39. The number of hydrogen-bond donors (Lipinski definition) is 0. The van der Waals surface area contributed by atoms with Crippen molar-refractivity contribution in [1.29, 1.82) is 5.26 Å². The van der Waals surface area contributed by atoms with E-state index in [9.17, 15) is 5.26 Å². The van der Waals surface area contributed by atoms with Gasteiger partial charge in [-0.15, -0.1) is 0 Å². The highest BCUT2D eigenvalue weighted by atomic mass is 15.4. The van der Waals surface area contributed by atoms with Crippen LogP contribution >= 0.6 is 0 Å². The fourth-order valence-electron chi connectivity index (χ4n) is 3.56. The van der Waals surface area contributed by atoms with E-state index >= 15 is 0 Å². The summed E-state index contributed by atoms with van der Waals surface area (Å²) in [5.41, 5.74) is 1.58. The van der Waals surface area contributed by atoms with Gasteiger partial charge < -0.3 is 0 Å². The number of nitriles is 1. The Kier molecular flexibility index (Phi) is 2.84. The van der Waals surface area contributed by atoms with E-state index in [0.717, 1.165) is 24.0 Å². The second-order valence-electron chi connectivity index (χ2n) is 4.80. The Bertz CT molecular complexity index is 307. The van der Waals surface area contributed by atoms with Crippen molar-refractivity contribution in [1.82, 2.24) is 0 Å². The minimum absolute atomic E-state index is 0.217. The van der Waals surface area contributed by atoms with Gasteiger partial charge in [0, 0.05) is 12.3 Å². The predicted molar refractivity (Wildman–Crippen MR) is 60.8 cm³/mol. The van der Waals surface area contributed by atoms with Gasteiger partial charge in [0.05, 0.1) is 13.1 Å². The highest BCUT2D eigenvalue weighted by Gasteiger charge is 2.50. The van der Waals surface area contributed by atoms with Crippen molar-refractivity contribution in [3.05, 3.63) is 11.8 Å². The molecule has 2 nitrogen and oxygen atoms in total. The molecule has 2 aliphatic rings. The molecular weight excluding hydrogens is 184 g/mol. The second kappa shape index (κ2) is 3.98. The molecule has 82 valence electrons. The molecule has 0 bridgehead atoms. The first-order valence-corrected chi connectivity index (χ1v) is 6.25. The molecule has 0 aromatic heterocycles. The average molecular weight is 205 g/mol. The van der Waals surface area contributed by atoms with Gasteiger partial charge in [-0.1, -0.05) is 0 Å². The molecule has 2 atom stereocenters. The zero-order chi connectivity index (χ0) is 10.9. The largest absolute Gasteiger partial charge is 0.281 e. The lowest BCUT2D eigenvalue weighted by atomic mass is 9.91. The molecule has 2 heteroatoms. The van der Waals surface area contributed by atoms with Crippen molar-refractivity contribution in [3.8, 4) is 6.07 Å². The summed E-state index contributed by atoms with van der Waals surface area (Å²) < 4.78 is 0.959. The smallest absolute Gasteiger partial charge is 0.181 e. The van der Waals surface area contributed by atoms with Gasteiger partial charge in [-0.3, -0.25) is 4.48 Å². The van der Waals surface area contributed by atoms with Gasteiger partial charge in [0.25, 0.3) is 0 Å². The van der Waals surface area contributed by atoms with Crippen molar-refractivity contribution in [2.45, 2.75) is 45.6 Å². The molecular formula is C13H21N2+. The van der Waals surface area contributed by atoms with E-state index in [1.807, 2.05) is 0 Å². The number of hydrogen-bond acceptors (Lipinski definition) is 1. The van der Waals surface area contributed by atoms with Crippen LogP contribution in [-0.4, -0.2) is 23.6 Å². The van der Waals surface area contributed by atoms with Crippen LogP contribution in [0.1, 0.15) is 39.5 Å². The summed E-state index contributed by atoms with van der Waals surface area (Å²) in [4.78, 5) is 0. The van der Waals surface area contributed by atoms with Gasteiger partial charge in [-0.05, 0) is 39.2 Å². The molecule has 2 rings (SSSR count). The maximum atomic E-state index is 9.32. The standard InChI is InChI=1S/C13H21N2/c1-3-15(4-2)12(10-14)9-11-7-5-6-8-13(11)15/h8,11-12H,3-7,9H2,1-2H3/q+1. The molecule has 0 aromatic carbocycles. The molecule has 0 N–H and O–H groups in total. The molecule has 1 heterocycles. The Hall–Kier alpha value is -0.810. The number of likely N-dealkylation sites (tertiary alicyclic amines) is 1. The third-order valence-electron chi connectivity index (χ3n) is 4.42. The van der Waals surface area contributed by atoms with Crippen LogP contribution in [0.5, 0.6) is 0 Å². The lowest BCUT2D eigenvalue weighted by Crippen LogP contribution is -2.49. The van der Waals surface area contributed by atoms with Gasteiger partial charge >= 0.3 is 0 Å². The minimum atomic E-state index is 0.217. The van der Waals surface area contributed by atoms with Crippen molar-refractivity contribution in [2.24, 2.45) is 5.92 Å². The maximum absolute atomic E-state index is 9.32. The molecule has 15 heavy (non-hydrogen) atoms. The molecule has 0 aromatic rings. The summed E-state index contributed by atoms with van der Waals surface area (Å²) in [7, 11) is 0. The van der Waals surface area contributed by atoms with E-state index in [4.69, 9.17) is 0 Å². The van der Waals surface area contributed by atoms with Crippen molar-refractivity contribution >= 4 is 0 Å². The average Bonchev–Trinajstić information content (AvgIpc) is 2.63. The first-order valence-electron chi connectivity index (χ1n) is 6.25. The third kappa shape index (κ3) is 1.41. The lowest BCUT2D eigenvalue weighted by Gasteiger charge is -2.37. The monoisotopic (exact) mass is 205 g/mol. The summed E-state index contributed by atoms with van der Waals surface area (Å²) in [6, 6.07) is 2.76. The van der Waals surface area contributed by atoms with E-state index in [-0.39, 0.29) is 6.04 Å². The first-order chi connectivity index (χ1) is 7.28. The zero-order valence-electron chi connectivity index (χ0n) is 9.87. The normalized spacial score (nSPS) is 33.0. The Morgan fingerprint density at radius 2 is 2.20 bits per heavy atom. The second-order valence-corrected chi connectivity index (χ2v) is 4.80. The van der Waals surface area contributed by atoms with E-state index in [2.05, 4.69) is 26.0 Å². The summed E-state index contributed by atoms with van der Waals surface area (Å²) in [6.07, 6.45) is 7.39. The number of nitrogens with zero attached hydrogens (tertiary/aromatic N) is 2. The van der Waals surface area contributed by atoms with Crippen LogP contribution in [0.3, 0.4) is 0 Å². The van der Waals surface area contributed by atoms with Crippen LogP contribution in [0.2, 0.25) is 0 Å². The summed E-state index contributed by atoms with van der Waals surface area (Å²) >= 11 is 0. The lowest BCUT2D eigenvalue weighted by molar-refractivity contribution is -0.896. The zero-order valence-corrected chi connectivity index (χ0v) is 9.87. The number of rotatable bonds is 2. The van der Waals surface area contributed by atoms with Gasteiger partial charge in [0.15, 0.2) is 6.04 Å². The molecule has 1 fully saturated rings. The molecule has 2 unspecified atom stereocenters. The summed E-state index contributed by atoms with van der Waals surface area (Å²) in [5, 5.41) is 9.32. The SMILES string of the molecule is CC[N+]1(CC)C2=CCCCC2CC1C#N. The van der Waals surface area contributed by atoms with E-state index < -0.39 is 0 Å². The quantitative estimate of drug-likeness (QED) is 0.636. The van der Waals surface area contributed by atoms with Gasteiger partial charge in [-0.25, -0.2) is 0 Å².